The van der Waals surface area contributed by atoms with Crippen LogP contribution in [0.1, 0.15) is 18.9 Å². The second-order valence-electron chi connectivity index (χ2n) is 3.98. The monoisotopic (exact) mass is 266 g/mol. The maximum absolute atomic E-state index is 11.5. The standard InChI is InChI=1S/C13H18N2O4/c1-3-11(12(16)17)15-13(18)14-8-9-5-4-6-10(7-9)19-2/h4-7,11H,3,8H2,1-2H3,(H,16,17)(H2,14,15,18)/t11-/m0/s1. The summed E-state index contributed by atoms with van der Waals surface area (Å²) in [6.07, 6.45) is 0.335. The average molecular weight is 266 g/mol. The van der Waals surface area contributed by atoms with E-state index < -0.39 is 18.0 Å². The van der Waals surface area contributed by atoms with Gasteiger partial charge in [0.15, 0.2) is 0 Å². The van der Waals surface area contributed by atoms with Crippen LogP contribution in [0.15, 0.2) is 24.3 Å². The Hall–Kier alpha value is -2.24. The van der Waals surface area contributed by atoms with Crippen molar-refractivity contribution >= 4 is 12.0 Å². The molecule has 0 unspecified atom stereocenters. The lowest BCUT2D eigenvalue weighted by molar-refractivity contribution is -0.139. The summed E-state index contributed by atoms with van der Waals surface area (Å²) in [7, 11) is 1.57. The van der Waals surface area contributed by atoms with Gasteiger partial charge in [0.2, 0.25) is 0 Å². The summed E-state index contributed by atoms with van der Waals surface area (Å²) in [4.78, 5) is 22.3. The minimum absolute atomic E-state index is 0.305. The maximum atomic E-state index is 11.5. The van der Waals surface area contributed by atoms with Crippen molar-refractivity contribution in [2.45, 2.75) is 25.9 Å². The third-order valence-electron chi connectivity index (χ3n) is 2.60. The van der Waals surface area contributed by atoms with Gasteiger partial charge < -0.3 is 20.5 Å². The number of benzene rings is 1. The summed E-state index contributed by atoms with van der Waals surface area (Å²) in [5.41, 5.74) is 0.873. The molecule has 1 rings (SSSR count). The van der Waals surface area contributed by atoms with E-state index in [9.17, 15) is 9.59 Å². The molecule has 0 saturated heterocycles. The van der Waals surface area contributed by atoms with Gasteiger partial charge in [-0.2, -0.15) is 0 Å². The quantitative estimate of drug-likeness (QED) is 0.725. The van der Waals surface area contributed by atoms with E-state index >= 15 is 0 Å². The molecule has 0 bridgehead atoms. The number of amides is 2. The Balaban J connectivity index is 2.47. The first-order valence-corrected chi connectivity index (χ1v) is 5.97. The third-order valence-corrected chi connectivity index (χ3v) is 2.60. The molecular weight excluding hydrogens is 248 g/mol. The highest BCUT2D eigenvalue weighted by atomic mass is 16.5. The molecule has 0 aliphatic rings. The summed E-state index contributed by atoms with van der Waals surface area (Å²) in [6.45, 7) is 2.00. The Kier molecular flexibility index (Phi) is 5.66. The molecule has 0 radical (unpaired) electrons. The lowest BCUT2D eigenvalue weighted by Gasteiger charge is -2.13. The van der Waals surface area contributed by atoms with Gasteiger partial charge in [-0.1, -0.05) is 19.1 Å². The van der Waals surface area contributed by atoms with Gasteiger partial charge in [0.25, 0.3) is 0 Å². The Bertz CT molecular complexity index is 448. The van der Waals surface area contributed by atoms with Gasteiger partial charge in [-0.05, 0) is 24.1 Å². The van der Waals surface area contributed by atoms with Crippen LogP contribution in [0.4, 0.5) is 4.79 Å². The first kappa shape index (κ1) is 14.8. The van der Waals surface area contributed by atoms with E-state index in [4.69, 9.17) is 9.84 Å². The number of ether oxygens (including phenoxy) is 1. The summed E-state index contributed by atoms with van der Waals surface area (Å²) < 4.78 is 5.07. The second-order valence-corrected chi connectivity index (χ2v) is 3.98. The molecule has 0 fully saturated rings. The minimum atomic E-state index is -1.04. The fraction of sp³-hybridized carbons (Fsp3) is 0.385. The van der Waals surface area contributed by atoms with E-state index in [0.717, 1.165) is 5.56 Å². The Morgan fingerprint density at radius 3 is 2.74 bits per heavy atom. The number of carboxylic acid groups (broad SMARTS) is 1. The van der Waals surface area contributed by atoms with Crippen LogP contribution in [0, 0.1) is 0 Å². The van der Waals surface area contributed by atoms with Crippen LogP contribution in [0.2, 0.25) is 0 Å². The molecule has 1 aromatic carbocycles. The van der Waals surface area contributed by atoms with E-state index in [2.05, 4.69) is 10.6 Å². The molecule has 2 amide bonds. The largest absolute Gasteiger partial charge is 0.497 e. The Labute approximate surface area is 111 Å². The molecule has 0 aromatic heterocycles. The number of carbonyl (C=O) groups is 2. The molecule has 0 heterocycles. The molecule has 0 aliphatic carbocycles. The number of methoxy groups -OCH3 is 1. The van der Waals surface area contributed by atoms with Crippen LogP contribution < -0.4 is 15.4 Å². The van der Waals surface area contributed by atoms with Gasteiger partial charge in [-0.25, -0.2) is 9.59 Å². The van der Waals surface area contributed by atoms with Crippen LogP contribution in [-0.4, -0.2) is 30.3 Å². The van der Waals surface area contributed by atoms with Crippen LogP contribution in [0.3, 0.4) is 0 Å². The van der Waals surface area contributed by atoms with Crippen LogP contribution in [0.5, 0.6) is 5.75 Å². The number of urea groups is 1. The Morgan fingerprint density at radius 2 is 2.16 bits per heavy atom. The highest BCUT2D eigenvalue weighted by Crippen LogP contribution is 2.11. The van der Waals surface area contributed by atoms with Crippen LogP contribution in [-0.2, 0) is 11.3 Å². The Morgan fingerprint density at radius 1 is 1.42 bits per heavy atom. The first-order chi connectivity index (χ1) is 9.06. The van der Waals surface area contributed by atoms with Crippen molar-refractivity contribution in [1.82, 2.24) is 10.6 Å². The smallest absolute Gasteiger partial charge is 0.326 e. The number of carboxylic acids is 1. The molecular formula is C13H18N2O4. The zero-order valence-corrected chi connectivity index (χ0v) is 11.0. The molecule has 6 nitrogen and oxygen atoms in total. The molecule has 3 N–H and O–H groups in total. The molecule has 6 heteroatoms. The van der Waals surface area contributed by atoms with E-state index in [-0.39, 0.29) is 0 Å². The van der Waals surface area contributed by atoms with E-state index in [0.29, 0.717) is 18.7 Å². The fourth-order valence-corrected chi connectivity index (χ4v) is 1.51. The van der Waals surface area contributed by atoms with Crippen molar-refractivity contribution in [3.63, 3.8) is 0 Å². The molecule has 1 aromatic rings. The van der Waals surface area contributed by atoms with Crippen LogP contribution in [0.25, 0.3) is 0 Å². The van der Waals surface area contributed by atoms with E-state index in [1.165, 1.54) is 0 Å². The fourth-order valence-electron chi connectivity index (χ4n) is 1.51. The average Bonchev–Trinajstić information content (AvgIpc) is 2.42. The van der Waals surface area contributed by atoms with E-state index in [1.54, 1.807) is 26.2 Å². The van der Waals surface area contributed by atoms with Crippen molar-refractivity contribution < 1.29 is 19.4 Å². The maximum Gasteiger partial charge on any atom is 0.326 e. The van der Waals surface area contributed by atoms with Crippen molar-refractivity contribution in [2.75, 3.05) is 7.11 Å². The van der Waals surface area contributed by atoms with Gasteiger partial charge in [-0.15, -0.1) is 0 Å². The first-order valence-electron chi connectivity index (χ1n) is 5.97. The molecule has 104 valence electrons. The minimum Gasteiger partial charge on any atom is -0.497 e. The SMILES string of the molecule is CC[C@H](NC(=O)NCc1cccc(OC)c1)C(=O)O. The van der Waals surface area contributed by atoms with Gasteiger partial charge in [0.05, 0.1) is 7.11 Å². The number of hydrogen-bond acceptors (Lipinski definition) is 3. The second kappa shape index (κ2) is 7.25. The molecule has 0 aliphatic heterocycles. The number of carbonyl (C=O) groups excluding carboxylic acids is 1. The zero-order chi connectivity index (χ0) is 14.3. The van der Waals surface area contributed by atoms with Gasteiger partial charge in [0, 0.05) is 6.54 Å². The van der Waals surface area contributed by atoms with Crippen molar-refractivity contribution in [3.8, 4) is 5.75 Å². The lowest BCUT2D eigenvalue weighted by Crippen LogP contribution is -2.45. The molecule has 0 spiro atoms. The summed E-state index contributed by atoms with van der Waals surface area (Å²) in [5, 5.41) is 13.8. The van der Waals surface area contributed by atoms with E-state index in [1.807, 2.05) is 12.1 Å². The van der Waals surface area contributed by atoms with Crippen molar-refractivity contribution in [1.29, 1.82) is 0 Å². The molecule has 1 atom stereocenters. The number of aliphatic carboxylic acids is 1. The topological polar surface area (TPSA) is 87.7 Å². The third kappa shape index (κ3) is 4.87. The number of rotatable bonds is 6. The number of nitrogens with one attached hydrogen (secondary N) is 2. The van der Waals surface area contributed by atoms with Crippen molar-refractivity contribution in [3.05, 3.63) is 29.8 Å². The molecule has 19 heavy (non-hydrogen) atoms. The predicted octanol–water partition coefficient (Wildman–Crippen LogP) is 1.36. The van der Waals surface area contributed by atoms with Gasteiger partial charge in [0.1, 0.15) is 11.8 Å². The van der Waals surface area contributed by atoms with Gasteiger partial charge >= 0.3 is 12.0 Å². The molecule has 0 saturated carbocycles. The van der Waals surface area contributed by atoms with Gasteiger partial charge in [-0.3, -0.25) is 0 Å². The highest BCUT2D eigenvalue weighted by molar-refractivity contribution is 5.82. The highest BCUT2D eigenvalue weighted by Gasteiger charge is 2.16. The zero-order valence-electron chi connectivity index (χ0n) is 11.0. The predicted molar refractivity (Wildman–Crippen MR) is 70.1 cm³/mol. The number of hydrogen-bond donors (Lipinski definition) is 3. The normalized spacial score (nSPS) is 11.5. The summed E-state index contributed by atoms with van der Waals surface area (Å²) in [6, 6.07) is 5.90. The summed E-state index contributed by atoms with van der Waals surface area (Å²) >= 11 is 0. The van der Waals surface area contributed by atoms with Crippen molar-refractivity contribution in [2.24, 2.45) is 0 Å². The lowest BCUT2D eigenvalue weighted by atomic mass is 10.2. The van der Waals surface area contributed by atoms with Crippen LogP contribution >= 0.6 is 0 Å². The summed E-state index contributed by atoms with van der Waals surface area (Å²) in [5.74, 6) is -0.337.